The zero-order valence-electron chi connectivity index (χ0n) is 9.46. The van der Waals surface area contributed by atoms with Gasteiger partial charge in [-0.3, -0.25) is 9.78 Å². The monoisotopic (exact) mass is 247 g/mol. The third-order valence-electron chi connectivity index (χ3n) is 2.58. The molecule has 1 aromatic heterocycles. The summed E-state index contributed by atoms with van der Waals surface area (Å²) in [4.78, 5) is 15.0. The summed E-state index contributed by atoms with van der Waals surface area (Å²) in [6.45, 7) is 1.70. The first-order valence-corrected chi connectivity index (χ1v) is 6.40. The first-order valence-electron chi connectivity index (χ1n) is 5.35. The van der Waals surface area contributed by atoms with E-state index >= 15 is 0 Å². The van der Waals surface area contributed by atoms with E-state index in [4.69, 9.17) is 5.11 Å². The van der Waals surface area contributed by atoms with Gasteiger partial charge in [0.1, 0.15) is 0 Å². The number of benzene rings is 1. The molecule has 0 saturated carbocycles. The lowest BCUT2D eigenvalue weighted by Crippen LogP contribution is -2.11. The molecule has 1 heterocycles. The highest BCUT2D eigenvalue weighted by Gasteiger charge is 2.11. The van der Waals surface area contributed by atoms with Gasteiger partial charge in [0, 0.05) is 17.3 Å². The third kappa shape index (κ3) is 2.77. The van der Waals surface area contributed by atoms with Crippen molar-refractivity contribution in [2.75, 3.05) is 0 Å². The number of carboxylic acid groups (broad SMARTS) is 1. The minimum Gasteiger partial charge on any atom is -0.480 e. The molecule has 0 aliphatic rings. The number of carboxylic acids is 1. The Labute approximate surface area is 104 Å². The average Bonchev–Trinajstić information content (AvgIpc) is 2.35. The lowest BCUT2D eigenvalue weighted by molar-refractivity contribution is -0.136. The Hall–Kier alpha value is -1.55. The van der Waals surface area contributed by atoms with Crippen LogP contribution in [0.25, 0.3) is 10.9 Å². The molecular weight excluding hydrogens is 234 g/mol. The Morgan fingerprint density at radius 1 is 1.41 bits per heavy atom. The van der Waals surface area contributed by atoms with Gasteiger partial charge in [-0.05, 0) is 24.6 Å². The summed E-state index contributed by atoms with van der Waals surface area (Å²) in [5, 5.41) is 9.55. The van der Waals surface area contributed by atoms with Crippen molar-refractivity contribution >= 4 is 28.6 Å². The minimum absolute atomic E-state index is 0.387. The SMILES string of the molecule is CC(SCc1ccnc2ccccc12)C(=O)O. The fraction of sp³-hybridized carbons (Fsp3) is 0.231. The second-order valence-corrected chi connectivity index (χ2v) is 5.11. The summed E-state index contributed by atoms with van der Waals surface area (Å²) in [6.07, 6.45) is 1.77. The second-order valence-electron chi connectivity index (χ2n) is 3.78. The first kappa shape index (κ1) is 11.9. The molecule has 88 valence electrons. The van der Waals surface area contributed by atoms with Crippen LogP contribution in [0.1, 0.15) is 12.5 Å². The van der Waals surface area contributed by atoms with E-state index in [0.29, 0.717) is 5.75 Å². The summed E-state index contributed by atoms with van der Waals surface area (Å²) in [5.41, 5.74) is 2.09. The molecule has 1 unspecified atom stereocenters. The maximum Gasteiger partial charge on any atom is 0.316 e. The topological polar surface area (TPSA) is 50.2 Å². The van der Waals surface area contributed by atoms with Crippen molar-refractivity contribution in [1.82, 2.24) is 4.98 Å². The van der Waals surface area contributed by atoms with Crippen LogP contribution in [0, 0.1) is 0 Å². The highest BCUT2D eigenvalue weighted by molar-refractivity contribution is 7.99. The number of hydrogen-bond donors (Lipinski definition) is 1. The van der Waals surface area contributed by atoms with E-state index in [2.05, 4.69) is 4.98 Å². The van der Waals surface area contributed by atoms with Gasteiger partial charge in [-0.15, -0.1) is 11.8 Å². The van der Waals surface area contributed by atoms with Crippen molar-refractivity contribution in [2.45, 2.75) is 17.9 Å². The summed E-state index contributed by atoms with van der Waals surface area (Å²) in [5.74, 6) is -0.0791. The Morgan fingerprint density at radius 2 is 2.18 bits per heavy atom. The number of aliphatic carboxylic acids is 1. The fourth-order valence-electron chi connectivity index (χ4n) is 1.57. The van der Waals surface area contributed by atoms with Crippen LogP contribution in [-0.2, 0) is 10.5 Å². The quantitative estimate of drug-likeness (QED) is 0.902. The van der Waals surface area contributed by atoms with E-state index in [9.17, 15) is 4.79 Å². The summed E-state index contributed by atoms with van der Waals surface area (Å²) >= 11 is 1.43. The van der Waals surface area contributed by atoms with Gasteiger partial charge in [0.15, 0.2) is 0 Å². The molecule has 2 rings (SSSR count). The van der Waals surface area contributed by atoms with Crippen LogP contribution >= 0.6 is 11.8 Å². The van der Waals surface area contributed by atoms with Crippen LogP contribution in [0.5, 0.6) is 0 Å². The molecular formula is C13H13NO2S. The van der Waals surface area contributed by atoms with E-state index in [1.165, 1.54) is 11.8 Å². The molecule has 1 atom stereocenters. The predicted octanol–water partition coefficient (Wildman–Crippen LogP) is 2.94. The molecule has 0 saturated heterocycles. The molecule has 2 aromatic rings. The zero-order valence-corrected chi connectivity index (χ0v) is 10.3. The maximum absolute atomic E-state index is 10.8. The summed E-state index contributed by atoms with van der Waals surface area (Å²) in [7, 11) is 0. The molecule has 0 fully saturated rings. The second kappa shape index (κ2) is 5.19. The lowest BCUT2D eigenvalue weighted by Gasteiger charge is -2.08. The molecule has 0 radical (unpaired) electrons. The van der Waals surface area contributed by atoms with E-state index in [1.807, 2.05) is 30.3 Å². The molecule has 1 aromatic carbocycles. The maximum atomic E-state index is 10.8. The number of para-hydroxylation sites is 1. The van der Waals surface area contributed by atoms with Gasteiger partial charge in [0.25, 0.3) is 0 Å². The first-order chi connectivity index (χ1) is 8.18. The van der Waals surface area contributed by atoms with E-state index in [0.717, 1.165) is 16.5 Å². The average molecular weight is 247 g/mol. The molecule has 0 aliphatic carbocycles. The van der Waals surface area contributed by atoms with E-state index in [1.54, 1.807) is 13.1 Å². The predicted molar refractivity (Wildman–Crippen MR) is 70.1 cm³/mol. The number of pyridine rings is 1. The number of fused-ring (bicyclic) bond motifs is 1. The Morgan fingerprint density at radius 3 is 2.94 bits per heavy atom. The summed E-state index contributed by atoms with van der Waals surface area (Å²) in [6, 6.07) is 9.85. The van der Waals surface area contributed by atoms with Crippen LogP contribution in [-0.4, -0.2) is 21.3 Å². The van der Waals surface area contributed by atoms with Crippen molar-refractivity contribution in [3.8, 4) is 0 Å². The number of rotatable bonds is 4. The van der Waals surface area contributed by atoms with Gasteiger partial charge in [0.2, 0.25) is 0 Å². The number of carbonyl (C=O) groups is 1. The van der Waals surface area contributed by atoms with Gasteiger partial charge in [-0.25, -0.2) is 0 Å². The van der Waals surface area contributed by atoms with Crippen molar-refractivity contribution < 1.29 is 9.90 Å². The van der Waals surface area contributed by atoms with Gasteiger partial charge >= 0.3 is 5.97 Å². The Kier molecular flexibility index (Phi) is 3.64. The lowest BCUT2D eigenvalue weighted by atomic mass is 10.1. The molecule has 3 nitrogen and oxygen atoms in total. The molecule has 1 N–H and O–H groups in total. The normalized spacial score (nSPS) is 12.5. The summed E-state index contributed by atoms with van der Waals surface area (Å²) < 4.78 is 0. The van der Waals surface area contributed by atoms with Gasteiger partial charge < -0.3 is 5.11 Å². The van der Waals surface area contributed by atoms with E-state index in [-0.39, 0.29) is 5.25 Å². The highest BCUT2D eigenvalue weighted by Crippen LogP contribution is 2.23. The third-order valence-corrected chi connectivity index (χ3v) is 3.76. The van der Waals surface area contributed by atoms with Crippen molar-refractivity contribution in [3.63, 3.8) is 0 Å². The number of nitrogens with zero attached hydrogens (tertiary/aromatic N) is 1. The number of thioether (sulfide) groups is 1. The van der Waals surface area contributed by atoms with Crippen LogP contribution in [0.4, 0.5) is 0 Å². The fourth-order valence-corrected chi connectivity index (χ4v) is 2.39. The zero-order chi connectivity index (χ0) is 12.3. The standard InChI is InChI=1S/C13H13NO2S/c1-9(13(15)16)17-8-10-6-7-14-12-5-3-2-4-11(10)12/h2-7,9H,8H2,1H3,(H,15,16). The largest absolute Gasteiger partial charge is 0.480 e. The van der Waals surface area contributed by atoms with E-state index < -0.39 is 5.97 Å². The number of aromatic nitrogens is 1. The van der Waals surface area contributed by atoms with Gasteiger partial charge in [-0.2, -0.15) is 0 Å². The molecule has 0 aliphatic heterocycles. The Bertz CT molecular complexity index is 536. The highest BCUT2D eigenvalue weighted by atomic mass is 32.2. The van der Waals surface area contributed by atoms with Crippen LogP contribution < -0.4 is 0 Å². The minimum atomic E-state index is -0.770. The molecule has 4 heteroatoms. The molecule has 0 spiro atoms. The Balaban J connectivity index is 2.21. The van der Waals surface area contributed by atoms with Crippen molar-refractivity contribution in [2.24, 2.45) is 0 Å². The van der Waals surface area contributed by atoms with Crippen molar-refractivity contribution in [1.29, 1.82) is 0 Å². The van der Waals surface area contributed by atoms with Gasteiger partial charge in [0.05, 0.1) is 10.8 Å². The van der Waals surface area contributed by atoms with Crippen LogP contribution in [0.2, 0.25) is 0 Å². The molecule has 0 bridgehead atoms. The van der Waals surface area contributed by atoms with Crippen LogP contribution in [0.3, 0.4) is 0 Å². The van der Waals surface area contributed by atoms with Crippen LogP contribution in [0.15, 0.2) is 36.5 Å². The number of hydrogen-bond acceptors (Lipinski definition) is 3. The molecule has 17 heavy (non-hydrogen) atoms. The smallest absolute Gasteiger partial charge is 0.316 e. The van der Waals surface area contributed by atoms with Gasteiger partial charge in [-0.1, -0.05) is 18.2 Å². The molecule has 0 amide bonds. The van der Waals surface area contributed by atoms with Crippen molar-refractivity contribution in [3.05, 3.63) is 42.1 Å².